The second-order valence-corrected chi connectivity index (χ2v) is 11.9. The standard InChI is InChI=1S/C20H26N2O6S2/c1-14-17(13-18(28-14)30(26,27)22-11-5-6-12-22)19(23)21-29(24,25)16-9-7-15(8-10-16)20(2,3)4/h7-10,13H,5-6,11-12H2,1-4H3,(H,21,23). The van der Waals surface area contributed by atoms with E-state index < -0.39 is 26.0 Å². The first-order valence-corrected chi connectivity index (χ1v) is 12.5. The average molecular weight is 455 g/mol. The Morgan fingerprint density at radius 1 is 1.03 bits per heavy atom. The SMILES string of the molecule is Cc1oc(S(=O)(=O)N2CCCC2)cc1C(=O)NS(=O)(=O)c1ccc(C(C)(C)C)cc1. The molecule has 1 saturated heterocycles. The van der Waals surface area contributed by atoms with E-state index in [1.807, 2.05) is 25.5 Å². The number of sulfonamides is 2. The van der Waals surface area contributed by atoms with Crippen LogP contribution in [-0.2, 0) is 25.5 Å². The van der Waals surface area contributed by atoms with Crippen LogP contribution in [0.2, 0.25) is 0 Å². The molecule has 10 heteroatoms. The maximum atomic E-state index is 12.6. The Hall–Kier alpha value is -2.17. The summed E-state index contributed by atoms with van der Waals surface area (Å²) in [7, 11) is -7.98. The van der Waals surface area contributed by atoms with Gasteiger partial charge in [0.05, 0.1) is 10.5 Å². The van der Waals surface area contributed by atoms with Crippen molar-refractivity contribution in [3.8, 4) is 0 Å². The molecule has 8 nitrogen and oxygen atoms in total. The molecule has 1 aromatic heterocycles. The number of carbonyl (C=O) groups is 1. The van der Waals surface area contributed by atoms with Gasteiger partial charge in [-0.05, 0) is 42.9 Å². The third-order valence-electron chi connectivity index (χ3n) is 5.06. The van der Waals surface area contributed by atoms with Crippen molar-refractivity contribution in [1.29, 1.82) is 0 Å². The van der Waals surface area contributed by atoms with Gasteiger partial charge < -0.3 is 4.42 Å². The van der Waals surface area contributed by atoms with Crippen molar-refractivity contribution >= 4 is 26.0 Å². The van der Waals surface area contributed by atoms with Crippen LogP contribution in [0.4, 0.5) is 0 Å². The van der Waals surface area contributed by atoms with Gasteiger partial charge in [0.2, 0.25) is 5.09 Å². The van der Waals surface area contributed by atoms with Crippen molar-refractivity contribution in [1.82, 2.24) is 9.03 Å². The van der Waals surface area contributed by atoms with E-state index in [9.17, 15) is 21.6 Å². The maximum Gasteiger partial charge on any atom is 0.276 e. The van der Waals surface area contributed by atoms with Crippen LogP contribution in [-0.4, -0.2) is 40.1 Å². The Morgan fingerprint density at radius 2 is 1.60 bits per heavy atom. The molecule has 0 aliphatic carbocycles. The highest BCUT2D eigenvalue weighted by molar-refractivity contribution is 7.90. The molecule has 0 radical (unpaired) electrons. The summed E-state index contributed by atoms with van der Waals surface area (Å²) in [6, 6.07) is 7.34. The number of benzene rings is 1. The number of furan rings is 1. The van der Waals surface area contributed by atoms with E-state index in [1.54, 1.807) is 12.1 Å². The van der Waals surface area contributed by atoms with Crippen molar-refractivity contribution in [2.75, 3.05) is 13.1 Å². The summed E-state index contributed by atoms with van der Waals surface area (Å²) in [6.07, 6.45) is 1.52. The highest BCUT2D eigenvalue weighted by Crippen LogP contribution is 2.26. The number of nitrogens with zero attached hydrogens (tertiary/aromatic N) is 1. The Balaban J connectivity index is 1.83. The number of carbonyl (C=O) groups excluding carboxylic acids is 1. The van der Waals surface area contributed by atoms with Crippen molar-refractivity contribution in [2.45, 2.75) is 55.9 Å². The van der Waals surface area contributed by atoms with Crippen molar-refractivity contribution < 1.29 is 26.0 Å². The molecule has 1 aliphatic rings. The minimum Gasteiger partial charge on any atom is -0.448 e. The maximum absolute atomic E-state index is 12.6. The zero-order valence-electron chi connectivity index (χ0n) is 17.4. The van der Waals surface area contributed by atoms with Gasteiger partial charge in [0.15, 0.2) is 0 Å². The van der Waals surface area contributed by atoms with Gasteiger partial charge in [-0.25, -0.2) is 21.6 Å². The van der Waals surface area contributed by atoms with Crippen LogP contribution in [0.5, 0.6) is 0 Å². The first kappa shape index (κ1) is 22.5. The fourth-order valence-corrected chi connectivity index (χ4v) is 5.69. The predicted octanol–water partition coefficient (Wildman–Crippen LogP) is 2.79. The molecular formula is C20H26N2O6S2. The molecule has 1 aromatic carbocycles. The molecule has 0 atom stereocenters. The summed E-state index contributed by atoms with van der Waals surface area (Å²) >= 11 is 0. The monoisotopic (exact) mass is 454 g/mol. The molecule has 0 bridgehead atoms. The Kier molecular flexibility index (Phi) is 5.87. The normalized spacial score (nSPS) is 16.0. The molecular weight excluding hydrogens is 428 g/mol. The number of hydrogen-bond acceptors (Lipinski definition) is 6. The molecule has 164 valence electrons. The highest BCUT2D eigenvalue weighted by atomic mass is 32.2. The average Bonchev–Trinajstić information content (AvgIpc) is 3.31. The Morgan fingerprint density at radius 3 is 2.13 bits per heavy atom. The van der Waals surface area contributed by atoms with E-state index in [1.165, 1.54) is 23.4 Å². The summed E-state index contributed by atoms with van der Waals surface area (Å²) < 4.78 is 59.1. The summed E-state index contributed by atoms with van der Waals surface area (Å²) in [6.45, 7) is 8.23. The highest BCUT2D eigenvalue weighted by Gasteiger charge is 2.32. The van der Waals surface area contributed by atoms with Crippen LogP contribution in [0, 0.1) is 6.92 Å². The zero-order chi connectivity index (χ0) is 22.3. The smallest absolute Gasteiger partial charge is 0.276 e. The van der Waals surface area contributed by atoms with Gasteiger partial charge in [0.25, 0.3) is 26.0 Å². The van der Waals surface area contributed by atoms with Crippen LogP contribution in [0.3, 0.4) is 0 Å². The molecule has 2 heterocycles. The minimum absolute atomic E-state index is 0.0311. The summed E-state index contributed by atoms with van der Waals surface area (Å²) in [4.78, 5) is 12.5. The van der Waals surface area contributed by atoms with Gasteiger partial charge in [-0.3, -0.25) is 4.79 Å². The van der Waals surface area contributed by atoms with Crippen molar-refractivity contribution in [3.63, 3.8) is 0 Å². The number of hydrogen-bond donors (Lipinski definition) is 1. The Bertz CT molecular complexity index is 1150. The number of rotatable bonds is 5. The lowest BCUT2D eigenvalue weighted by molar-refractivity contribution is 0.0980. The third kappa shape index (κ3) is 4.45. The Labute approximate surface area is 177 Å². The van der Waals surface area contributed by atoms with E-state index in [0.29, 0.717) is 13.1 Å². The fraction of sp³-hybridized carbons (Fsp3) is 0.450. The van der Waals surface area contributed by atoms with Gasteiger partial charge in [-0.15, -0.1) is 0 Å². The summed E-state index contributed by atoms with van der Waals surface area (Å²) in [5, 5.41) is -0.362. The van der Waals surface area contributed by atoms with Crippen LogP contribution < -0.4 is 4.72 Å². The number of amides is 1. The number of aryl methyl sites for hydroxylation is 1. The molecule has 0 spiro atoms. The van der Waals surface area contributed by atoms with E-state index in [4.69, 9.17) is 4.42 Å². The van der Waals surface area contributed by atoms with Crippen LogP contribution in [0.15, 0.2) is 44.7 Å². The van der Waals surface area contributed by atoms with E-state index >= 15 is 0 Å². The molecule has 3 rings (SSSR count). The molecule has 1 amide bonds. The zero-order valence-corrected chi connectivity index (χ0v) is 19.1. The molecule has 1 aliphatic heterocycles. The second kappa shape index (κ2) is 7.82. The lowest BCUT2D eigenvalue weighted by Gasteiger charge is -2.19. The van der Waals surface area contributed by atoms with Gasteiger partial charge in [-0.2, -0.15) is 4.31 Å². The lowest BCUT2D eigenvalue weighted by Crippen LogP contribution is -2.31. The summed E-state index contributed by atoms with van der Waals surface area (Å²) in [5.41, 5.74) is 0.675. The third-order valence-corrected chi connectivity index (χ3v) is 8.16. The first-order chi connectivity index (χ1) is 13.8. The van der Waals surface area contributed by atoms with Crippen LogP contribution in [0.25, 0.3) is 0 Å². The van der Waals surface area contributed by atoms with Crippen molar-refractivity contribution in [2.24, 2.45) is 0 Å². The molecule has 0 unspecified atom stereocenters. The quantitative estimate of drug-likeness (QED) is 0.743. The van der Waals surface area contributed by atoms with Crippen molar-refractivity contribution in [3.05, 3.63) is 47.2 Å². The van der Waals surface area contributed by atoms with Crippen LogP contribution >= 0.6 is 0 Å². The second-order valence-electron chi connectivity index (χ2n) is 8.36. The van der Waals surface area contributed by atoms with Gasteiger partial charge in [-0.1, -0.05) is 32.9 Å². The number of nitrogens with one attached hydrogen (secondary N) is 1. The molecule has 1 fully saturated rings. The fourth-order valence-electron chi connectivity index (χ4n) is 3.23. The van der Waals surface area contributed by atoms with Gasteiger partial charge in [0, 0.05) is 19.2 Å². The van der Waals surface area contributed by atoms with E-state index in [0.717, 1.165) is 24.5 Å². The molecule has 0 saturated carbocycles. The topological polar surface area (TPSA) is 114 Å². The van der Waals surface area contributed by atoms with E-state index in [-0.39, 0.29) is 26.7 Å². The van der Waals surface area contributed by atoms with E-state index in [2.05, 4.69) is 0 Å². The van der Waals surface area contributed by atoms with Gasteiger partial charge in [0.1, 0.15) is 5.76 Å². The lowest BCUT2D eigenvalue weighted by atomic mass is 9.87. The van der Waals surface area contributed by atoms with Crippen LogP contribution in [0.1, 0.15) is 55.3 Å². The minimum atomic E-state index is -4.13. The molecule has 1 N–H and O–H groups in total. The summed E-state index contributed by atoms with van der Waals surface area (Å²) in [5.74, 6) is -0.914. The largest absolute Gasteiger partial charge is 0.448 e. The molecule has 30 heavy (non-hydrogen) atoms. The predicted molar refractivity (Wildman–Crippen MR) is 111 cm³/mol. The molecule has 2 aromatic rings. The first-order valence-electron chi connectivity index (χ1n) is 9.61. The van der Waals surface area contributed by atoms with Gasteiger partial charge >= 0.3 is 0 Å².